The lowest BCUT2D eigenvalue weighted by Gasteiger charge is -2.19. The summed E-state index contributed by atoms with van der Waals surface area (Å²) in [6, 6.07) is 4.19. The molecule has 0 amide bonds. The maximum absolute atomic E-state index is 5.40. The van der Waals surface area contributed by atoms with Gasteiger partial charge in [0.1, 0.15) is 5.75 Å². The molecular formula is C13H15BrN2OS. The fourth-order valence-corrected chi connectivity index (χ4v) is 3.55. The van der Waals surface area contributed by atoms with Crippen molar-refractivity contribution in [3.05, 3.63) is 44.8 Å². The molecule has 5 heteroatoms. The van der Waals surface area contributed by atoms with Gasteiger partial charge in [-0.3, -0.25) is 4.98 Å². The number of hydrogen-bond acceptors (Lipinski definition) is 4. The van der Waals surface area contributed by atoms with Crippen LogP contribution in [-0.4, -0.2) is 18.6 Å². The molecule has 0 aliphatic carbocycles. The van der Waals surface area contributed by atoms with E-state index in [-0.39, 0.29) is 6.04 Å². The lowest BCUT2D eigenvalue weighted by Crippen LogP contribution is -2.22. The number of methoxy groups -OCH3 is 1. The number of halogens is 1. The minimum atomic E-state index is 0.127. The van der Waals surface area contributed by atoms with E-state index in [4.69, 9.17) is 4.74 Å². The van der Waals surface area contributed by atoms with Crippen molar-refractivity contribution in [3.63, 3.8) is 0 Å². The molecule has 0 fully saturated rings. The van der Waals surface area contributed by atoms with Gasteiger partial charge in [-0.2, -0.15) is 0 Å². The van der Waals surface area contributed by atoms with Gasteiger partial charge in [-0.25, -0.2) is 0 Å². The van der Waals surface area contributed by atoms with Crippen LogP contribution in [0.25, 0.3) is 0 Å². The molecule has 0 radical (unpaired) electrons. The first-order chi connectivity index (χ1) is 8.77. The van der Waals surface area contributed by atoms with Crippen molar-refractivity contribution in [2.75, 3.05) is 13.7 Å². The third kappa shape index (κ3) is 2.74. The predicted octanol–water partition coefficient (Wildman–Crippen LogP) is 3.61. The Bertz CT molecular complexity index is 515. The Morgan fingerprint density at radius 3 is 2.94 bits per heavy atom. The van der Waals surface area contributed by atoms with Crippen molar-refractivity contribution in [1.82, 2.24) is 10.3 Å². The van der Waals surface area contributed by atoms with E-state index in [0.717, 1.165) is 22.3 Å². The van der Waals surface area contributed by atoms with Crippen molar-refractivity contribution in [3.8, 4) is 5.75 Å². The molecule has 0 saturated carbocycles. The number of pyridine rings is 1. The van der Waals surface area contributed by atoms with E-state index in [1.807, 2.05) is 6.07 Å². The van der Waals surface area contributed by atoms with Crippen LogP contribution in [0.2, 0.25) is 0 Å². The second kappa shape index (κ2) is 6.31. The Balaban J connectivity index is 2.45. The molecule has 1 N–H and O–H groups in total. The monoisotopic (exact) mass is 326 g/mol. The lowest BCUT2D eigenvalue weighted by molar-refractivity contribution is 0.402. The van der Waals surface area contributed by atoms with Gasteiger partial charge >= 0.3 is 0 Å². The molecular weight excluding hydrogens is 312 g/mol. The molecule has 0 aliphatic rings. The molecule has 18 heavy (non-hydrogen) atoms. The average molecular weight is 327 g/mol. The van der Waals surface area contributed by atoms with E-state index in [2.05, 4.69) is 44.6 Å². The quantitative estimate of drug-likeness (QED) is 0.911. The van der Waals surface area contributed by atoms with Gasteiger partial charge in [0.25, 0.3) is 0 Å². The molecule has 0 saturated heterocycles. The zero-order chi connectivity index (χ0) is 13.0. The topological polar surface area (TPSA) is 34.2 Å². The molecule has 1 unspecified atom stereocenters. The van der Waals surface area contributed by atoms with Crippen LogP contribution >= 0.6 is 27.3 Å². The second-order valence-electron chi connectivity index (χ2n) is 3.74. The number of nitrogens with zero attached hydrogens (tertiary/aromatic N) is 1. The molecule has 0 aromatic carbocycles. The summed E-state index contributed by atoms with van der Waals surface area (Å²) in [7, 11) is 1.67. The molecule has 96 valence electrons. The Hall–Kier alpha value is -0.910. The Morgan fingerprint density at radius 1 is 1.50 bits per heavy atom. The second-order valence-corrected chi connectivity index (χ2v) is 5.54. The maximum atomic E-state index is 5.40. The summed E-state index contributed by atoms with van der Waals surface area (Å²) in [5.41, 5.74) is 1.11. The first-order valence-corrected chi connectivity index (χ1v) is 7.39. The third-order valence-electron chi connectivity index (χ3n) is 2.66. The van der Waals surface area contributed by atoms with Gasteiger partial charge in [0.05, 0.1) is 19.3 Å². The van der Waals surface area contributed by atoms with Gasteiger partial charge in [-0.05, 0) is 40.0 Å². The lowest BCUT2D eigenvalue weighted by atomic mass is 10.1. The fourth-order valence-electron chi connectivity index (χ4n) is 1.86. The van der Waals surface area contributed by atoms with Crippen LogP contribution in [0.4, 0.5) is 0 Å². The van der Waals surface area contributed by atoms with Crippen LogP contribution in [0, 0.1) is 0 Å². The fraction of sp³-hybridized carbons (Fsp3) is 0.308. The zero-order valence-electron chi connectivity index (χ0n) is 10.3. The molecule has 0 aliphatic heterocycles. The SMILES string of the molecule is CCNC(c1ccncc1OC)c1sccc1Br. The Kier molecular flexibility index (Phi) is 4.74. The molecule has 2 rings (SSSR count). The summed E-state index contributed by atoms with van der Waals surface area (Å²) in [5, 5.41) is 5.57. The number of hydrogen-bond donors (Lipinski definition) is 1. The Morgan fingerprint density at radius 2 is 2.33 bits per heavy atom. The minimum Gasteiger partial charge on any atom is -0.495 e. The van der Waals surface area contributed by atoms with Gasteiger partial charge in [0, 0.05) is 21.1 Å². The maximum Gasteiger partial charge on any atom is 0.142 e. The van der Waals surface area contributed by atoms with Crippen LogP contribution in [0.1, 0.15) is 23.4 Å². The number of ether oxygens (including phenoxy) is 1. The molecule has 0 bridgehead atoms. The van der Waals surface area contributed by atoms with Crippen molar-refractivity contribution in [2.45, 2.75) is 13.0 Å². The number of rotatable bonds is 5. The molecule has 1 atom stereocenters. The smallest absolute Gasteiger partial charge is 0.142 e. The summed E-state index contributed by atoms with van der Waals surface area (Å²) in [6.07, 6.45) is 3.55. The summed E-state index contributed by atoms with van der Waals surface area (Å²) in [5.74, 6) is 0.809. The highest BCUT2D eigenvalue weighted by atomic mass is 79.9. The van der Waals surface area contributed by atoms with Gasteiger partial charge in [0.15, 0.2) is 0 Å². The van der Waals surface area contributed by atoms with E-state index in [1.165, 1.54) is 4.88 Å². The van der Waals surface area contributed by atoms with Crippen LogP contribution in [0.15, 0.2) is 34.4 Å². The van der Waals surface area contributed by atoms with Crippen molar-refractivity contribution in [1.29, 1.82) is 0 Å². The molecule has 2 aromatic rings. The largest absolute Gasteiger partial charge is 0.495 e. The highest BCUT2D eigenvalue weighted by Gasteiger charge is 2.20. The highest BCUT2D eigenvalue weighted by Crippen LogP contribution is 2.36. The first-order valence-electron chi connectivity index (χ1n) is 5.72. The van der Waals surface area contributed by atoms with Crippen LogP contribution in [-0.2, 0) is 0 Å². The predicted molar refractivity (Wildman–Crippen MR) is 78.3 cm³/mol. The Labute approximate surface area is 119 Å². The van der Waals surface area contributed by atoms with Gasteiger partial charge in [-0.1, -0.05) is 6.92 Å². The van der Waals surface area contributed by atoms with Crippen molar-refractivity contribution < 1.29 is 4.74 Å². The molecule has 3 nitrogen and oxygen atoms in total. The highest BCUT2D eigenvalue weighted by molar-refractivity contribution is 9.10. The summed E-state index contributed by atoms with van der Waals surface area (Å²) < 4.78 is 6.52. The van der Waals surface area contributed by atoms with E-state index in [9.17, 15) is 0 Å². The summed E-state index contributed by atoms with van der Waals surface area (Å²) >= 11 is 5.32. The molecule has 0 spiro atoms. The molecule has 2 aromatic heterocycles. The van der Waals surface area contributed by atoms with Gasteiger partial charge < -0.3 is 10.1 Å². The number of nitrogens with one attached hydrogen (secondary N) is 1. The standard InChI is InChI=1S/C13H15BrN2OS/c1-3-16-12(13-10(14)5-7-18-13)9-4-6-15-8-11(9)17-2/h4-8,12,16H,3H2,1-2H3. The van der Waals surface area contributed by atoms with Gasteiger partial charge in [-0.15, -0.1) is 11.3 Å². The molecule has 2 heterocycles. The van der Waals surface area contributed by atoms with Crippen LogP contribution < -0.4 is 10.1 Å². The van der Waals surface area contributed by atoms with E-state index in [0.29, 0.717) is 0 Å². The first kappa shape index (κ1) is 13.5. The van der Waals surface area contributed by atoms with Gasteiger partial charge in [0.2, 0.25) is 0 Å². The van der Waals surface area contributed by atoms with E-state index >= 15 is 0 Å². The number of thiophene rings is 1. The normalized spacial score (nSPS) is 12.4. The van der Waals surface area contributed by atoms with Crippen LogP contribution in [0.5, 0.6) is 5.75 Å². The van der Waals surface area contributed by atoms with E-state index in [1.54, 1.807) is 30.8 Å². The zero-order valence-corrected chi connectivity index (χ0v) is 12.7. The summed E-state index contributed by atoms with van der Waals surface area (Å²) in [4.78, 5) is 5.35. The average Bonchev–Trinajstić information content (AvgIpc) is 2.82. The van der Waals surface area contributed by atoms with E-state index < -0.39 is 0 Å². The van der Waals surface area contributed by atoms with Crippen molar-refractivity contribution >= 4 is 27.3 Å². The minimum absolute atomic E-state index is 0.127. The number of aromatic nitrogens is 1. The van der Waals surface area contributed by atoms with Crippen molar-refractivity contribution in [2.24, 2.45) is 0 Å². The van der Waals surface area contributed by atoms with Crippen LogP contribution in [0.3, 0.4) is 0 Å². The summed E-state index contributed by atoms with van der Waals surface area (Å²) in [6.45, 7) is 2.99. The third-order valence-corrected chi connectivity index (χ3v) is 4.60.